The number of carbonyl (C=O) groups is 4. The van der Waals surface area contributed by atoms with Crippen molar-refractivity contribution >= 4 is 39.5 Å². The molecule has 2 unspecified atom stereocenters. The maximum Gasteiger partial charge on any atom is 0.472 e. The topological polar surface area (TPSA) is 237 Å². The Morgan fingerprint density at radius 3 is 0.896 bits per heavy atom. The van der Waals surface area contributed by atoms with E-state index in [9.17, 15) is 43.2 Å². The number of aliphatic hydroxyl groups excluding tert-OH is 1. The van der Waals surface area contributed by atoms with Crippen LogP contribution >= 0.6 is 15.6 Å². The Balaban J connectivity index is 5.14. The van der Waals surface area contributed by atoms with Crippen molar-refractivity contribution in [3.63, 3.8) is 0 Å². The molecule has 0 saturated carbocycles. The third kappa shape index (κ3) is 43.8. The summed E-state index contributed by atoms with van der Waals surface area (Å²) in [7, 11) is -9.83. The van der Waals surface area contributed by atoms with E-state index in [0.29, 0.717) is 25.7 Å². The van der Waals surface area contributed by atoms with Gasteiger partial charge in [-0.15, -0.1) is 0 Å². The van der Waals surface area contributed by atoms with Crippen molar-refractivity contribution in [1.82, 2.24) is 0 Å². The highest BCUT2D eigenvalue weighted by Gasteiger charge is 2.30. The molecular formula is C48H92O17P2. The van der Waals surface area contributed by atoms with Crippen molar-refractivity contribution in [3.05, 3.63) is 0 Å². The summed E-state index contributed by atoms with van der Waals surface area (Å²) >= 11 is 0. The number of rotatable bonds is 49. The van der Waals surface area contributed by atoms with Crippen LogP contribution in [0.25, 0.3) is 0 Å². The van der Waals surface area contributed by atoms with E-state index in [2.05, 4.69) is 20.8 Å². The quantitative estimate of drug-likeness (QED) is 0.0222. The average Bonchev–Trinajstić information content (AvgIpc) is 3.29. The van der Waals surface area contributed by atoms with Crippen LogP contribution in [0.15, 0.2) is 0 Å². The second-order valence-electron chi connectivity index (χ2n) is 17.5. The van der Waals surface area contributed by atoms with Crippen LogP contribution in [0.5, 0.6) is 0 Å². The van der Waals surface area contributed by atoms with Gasteiger partial charge in [-0.3, -0.25) is 37.3 Å². The second kappa shape index (κ2) is 44.0. The van der Waals surface area contributed by atoms with E-state index in [4.69, 9.17) is 37.0 Å². The average molecular weight is 1000 g/mol. The van der Waals surface area contributed by atoms with Gasteiger partial charge in [-0.25, -0.2) is 9.13 Å². The van der Waals surface area contributed by atoms with Crippen LogP contribution in [0.1, 0.15) is 227 Å². The van der Waals surface area contributed by atoms with Crippen molar-refractivity contribution in [2.24, 2.45) is 0 Å². The fourth-order valence-electron chi connectivity index (χ4n) is 6.80. The van der Waals surface area contributed by atoms with Crippen LogP contribution in [0.3, 0.4) is 0 Å². The molecule has 19 heteroatoms. The van der Waals surface area contributed by atoms with Crippen molar-refractivity contribution in [2.45, 2.75) is 245 Å². The maximum absolute atomic E-state index is 12.8. The standard InChI is InChI=1S/C48H92O17P2/c1-5-9-13-17-20-23-26-30-34-47(52)64-43(38-58-45(50)32-28-16-12-8-4)40-62-66(54,55)60-36-42(49)37-61-67(56,57)63-41-44(39-59-46(51)33-29-25-22-19-15-11-7-3)65-48(53)35-31-27-24-21-18-14-10-6-2/h42-44,49H,5-41H2,1-4H3,(H,54,55)(H,56,57)/t42-,43+,44+/m0/s1. The van der Waals surface area contributed by atoms with Gasteiger partial charge in [0.05, 0.1) is 26.4 Å². The minimum atomic E-state index is -4.92. The number of carbonyl (C=O) groups excluding carboxylic acids is 4. The molecule has 0 fully saturated rings. The Labute approximate surface area is 403 Å². The van der Waals surface area contributed by atoms with E-state index in [-0.39, 0.29) is 25.7 Å². The molecule has 0 aromatic heterocycles. The monoisotopic (exact) mass is 1000 g/mol. The Kier molecular flexibility index (Phi) is 42.8. The zero-order valence-electron chi connectivity index (χ0n) is 41.8. The largest absolute Gasteiger partial charge is 0.472 e. The zero-order chi connectivity index (χ0) is 49.9. The summed E-state index contributed by atoms with van der Waals surface area (Å²) in [6, 6.07) is 0. The summed E-state index contributed by atoms with van der Waals surface area (Å²) in [4.78, 5) is 70.8. The molecular weight excluding hydrogens is 910 g/mol. The summed E-state index contributed by atoms with van der Waals surface area (Å²) < 4.78 is 66.8. The lowest BCUT2D eigenvalue weighted by atomic mass is 10.1. The van der Waals surface area contributed by atoms with E-state index >= 15 is 0 Å². The van der Waals surface area contributed by atoms with E-state index < -0.39 is 97.5 Å². The normalized spacial score (nSPS) is 14.7. The van der Waals surface area contributed by atoms with Crippen LogP contribution in [0.4, 0.5) is 0 Å². The first-order chi connectivity index (χ1) is 32.2. The van der Waals surface area contributed by atoms with Gasteiger partial charge >= 0.3 is 39.5 Å². The van der Waals surface area contributed by atoms with E-state index in [1.54, 1.807) is 0 Å². The molecule has 0 heterocycles. The number of hydrogen-bond donors (Lipinski definition) is 3. The molecule has 0 aliphatic rings. The van der Waals surface area contributed by atoms with Crippen LogP contribution in [0.2, 0.25) is 0 Å². The van der Waals surface area contributed by atoms with Crippen LogP contribution in [-0.4, -0.2) is 96.7 Å². The molecule has 0 spiro atoms. The van der Waals surface area contributed by atoms with Crippen molar-refractivity contribution in [1.29, 1.82) is 0 Å². The highest BCUT2D eigenvalue weighted by molar-refractivity contribution is 7.47. The van der Waals surface area contributed by atoms with Gasteiger partial charge in [0.25, 0.3) is 0 Å². The number of unbranched alkanes of at least 4 members (excludes halogenated alkanes) is 23. The Morgan fingerprint density at radius 2 is 0.597 bits per heavy atom. The van der Waals surface area contributed by atoms with Gasteiger partial charge in [0, 0.05) is 25.7 Å². The van der Waals surface area contributed by atoms with Gasteiger partial charge in [0.2, 0.25) is 0 Å². The molecule has 5 atom stereocenters. The third-order valence-electron chi connectivity index (χ3n) is 10.9. The molecule has 3 N–H and O–H groups in total. The van der Waals surface area contributed by atoms with Gasteiger partial charge < -0.3 is 33.8 Å². The smallest absolute Gasteiger partial charge is 0.462 e. The number of phosphoric acid groups is 2. The van der Waals surface area contributed by atoms with Gasteiger partial charge in [-0.2, -0.15) is 0 Å². The first-order valence-corrected chi connectivity index (χ1v) is 28.8. The number of aliphatic hydroxyl groups is 1. The molecule has 0 aromatic rings. The van der Waals surface area contributed by atoms with E-state index in [1.807, 2.05) is 6.92 Å². The predicted octanol–water partition coefficient (Wildman–Crippen LogP) is 11.7. The lowest BCUT2D eigenvalue weighted by Gasteiger charge is -2.21. The van der Waals surface area contributed by atoms with Crippen molar-refractivity contribution < 1.29 is 80.2 Å². The minimum absolute atomic E-state index is 0.103. The van der Waals surface area contributed by atoms with Crippen LogP contribution in [0, 0.1) is 0 Å². The Hall–Kier alpha value is -1.94. The lowest BCUT2D eigenvalue weighted by Crippen LogP contribution is -2.30. The first kappa shape index (κ1) is 65.1. The second-order valence-corrected chi connectivity index (χ2v) is 20.4. The number of ether oxygens (including phenoxy) is 4. The summed E-state index contributed by atoms with van der Waals surface area (Å²) in [6.45, 7) is 4.54. The molecule has 0 bridgehead atoms. The third-order valence-corrected chi connectivity index (χ3v) is 12.8. The first-order valence-electron chi connectivity index (χ1n) is 25.8. The van der Waals surface area contributed by atoms with Gasteiger partial charge in [0.15, 0.2) is 12.2 Å². The Morgan fingerprint density at radius 1 is 0.358 bits per heavy atom. The molecule has 0 aliphatic carbocycles. The van der Waals surface area contributed by atoms with Crippen molar-refractivity contribution in [3.8, 4) is 0 Å². The molecule has 0 rings (SSSR count). The van der Waals surface area contributed by atoms with E-state index in [0.717, 1.165) is 116 Å². The van der Waals surface area contributed by atoms with Crippen LogP contribution in [-0.2, 0) is 65.4 Å². The highest BCUT2D eigenvalue weighted by atomic mass is 31.2. The molecule has 17 nitrogen and oxygen atoms in total. The van der Waals surface area contributed by atoms with Gasteiger partial charge in [0.1, 0.15) is 19.3 Å². The lowest BCUT2D eigenvalue weighted by molar-refractivity contribution is -0.161. The molecule has 396 valence electrons. The molecule has 67 heavy (non-hydrogen) atoms. The van der Waals surface area contributed by atoms with Crippen LogP contribution < -0.4 is 0 Å². The summed E-state index contributed by atoms with van der Waals surface area (Å²) in [6.07, 6.45) is 23.3. The van der Waals surface area contributed by atoms with E-state index in [1.165, 1.54) is 32.1 Å². The summed E-state index contributed by atoms with van der Waals surface area (Å²) in [5, 5.41) is 10.4. The predicted molar refractivity (Wildman–Crippen MR) is 257 cm³/mol. The minimum Gasteiger partial charge on any atom is -0.462 e. The maximum atomic E-state index is 12.8. The fourth-order valence-corrected chi connectivity index (χ4v) is 8.38. The van der Waals surface area contributed by atoms with Crippen molar-refractivity contribution in [2.75, 3.05) is 39.6 Å². The zero-order valence-corrected chi connectivity index (χ0v) is 43.6. The molecule has 0 aromatic carbocycles. The summed E-state index contributed by atoms with van der Waals surface area (Å²) in [5.74, 6) is -2.18. The highest BCUT2D eigenvalue weighted by Crippen LogP contribution is 2.45. The fraction of sp³-hybridized carbons (Fsp3) is 0.917. The number of phosphoric ester groups is 2. The van der Waals surface area contributed by atoms with Gasteiger partial charge in [-0.05, 0) is 25.7 Å². The molecule has 0 saturated heterocycles. The number of esters is 4. The number of hydrogen-bond acceptors (Lipinski definition) is 15. The Bertz CT molecular complexity index is 1340. The molecule has 0 radical (unpaired) electrons. The SMILES string of the molecule is CCCCCCCCCCC(=O)O[C@H](COC(=O)CCCCCC)COP(=O)(O)OC[C@H](O)COP(=O)(O)OC[C@@H](COC(=O)CCCCCCCCC)OC(=O)CCCCCCCCCC. The summed E-state index contributed by atoms with van der Waals surface area (Å²) in [5.41, 5.74) is 0. The van der Waals surface area contributed by atoms with Gasteiger partial charge in [-0.1, -0.05) is 175 Å². The molecule has 0 aliphatic heterocycles. The molecule has 0 amide bonds.